The largest absolute Gasteiger partial charge is 0.148 e. The van der Waals surface area contributed by atoms with Gasteiger partial charge in [0.2, 0.25) is 0 Å². The van der Waals surface area contributed by atoms with Gasteiger partial charge in [-0.15, -0.1) is 17.9 Å². The van der Waals surface area contributed by atoms with Crippen LogP contribution in [-0.4, -0.2) is 0 Å². The van der Waals surface area contributed by atoms with Crippen LogP contribution < -0.4 is 0 Å². The van der Waals surface area contributed by atoms with Crippen molar-refractivity contribution in [1.29, 1.82) is 0 Å². The number of hydrogen-bond acceptors (Lipinski definition) is 1. The van der Waals surface area contributed by atoms with Crippen molar-refractivity contribution in [2.45, 2.75) is 32.6 Å². The van der Waals surface area contributed by atoms with E-state index in [0.717, 1.165) is 6.42 Å². The van der Waals surface area contributed by atoms with Crippen molar-refractivity contribution in [3.8, 4) is 0 Å². The lowest BCUT2D eigenvalue weighted by Crippen LogP contribution is -1.86. The summed E-state index contributed by atoms with van der Waals surface area (Å²) >= 11 is 1.85. The molecule has 0 aromatic carbocycles. The first kappa shape index (κ1) is 9.53. The van der Waals surface area contributed by atoms with Crippen LogP contribution in [0.5, 0.6) is 0 Å². The maximum absolute atomic E-state index is 3.76. The van der Waals surface area contributed by atoms with Gasteiger partial charge >= 0.3 is 0 Å². The average Bonchev–Trinajstić information content (AvgIpc) is 2.50. The Kier molecular flexibility index (Phi) is 4.09. The predicted octanol–water partition coefficient (Wildman–Crippen LogP) is 3.82. The summed E-state index contributed by atoms with van der Waals surface area (Å²) in [5.74, 6) is 0. The van der Waals surface area contributed by atoms with Gasteiger partial charge in [-0.1, -0.05) is 19.4 Å². The molecule has 0 amide bonds. The molecule has 1 heterocycles. The molecule has 0 aliphatic rings. The molecule has 0 unspecified atom stereocenters. The van der Waals surface area contributed by atoms with E-state index in [-0.39, 0.29) is 0 Å². The summed E-state index contributed by atoms with van der Waals surface area (Å²) in [6.07, 6.45) is 6.85. The zero-order chi connectivity index (χ0) is 8.81. The van der Waals surface area contributed by atoms with E-state index >= 15 is 0 Å². The van der Waals surface area contributed by atoms with Gasteiger partial charge < -0.3 is 0 Å². The van der Waals surface area contributed by atoms with Gasteiger partial charge in [0.1, 0.15) is 0 Å². The van der Waals surface area contributed by atoms with E-state index in [1.54, 1.807) is 0 Å². The first-order valence-electron chi connectivity index (χ1n) is 4.54. The fourth-order valence-electron chi connectivity index (χ4n) is 1.27. The minimum absolute atomic E-state index is 1.04. The number of aryl methyl sites for hydroxylation is 1. The van der Waals surface area contributed by atoms with Gasteiger partial charge in [0.05, 0.1) is 0 Å². The molecule has 0 aliphatic carbocycles. The Morgan fingerprint density at radius 2 is 2.42 bits per heavy atom. The second-order valence-corrected chi connectivity index (χ2v) is 3.97. The Morgan fingerprint density at radius 3 is 3.08 bits per heavy atom. The lowest BCUT2D eigenvalue weighted by atomic mass is 10.1. The van der Waals surface area contributed by atoms with E-state index in [9.17, 15) is 0 Å². The molecule has 0 saturated carbocycles. The lowest BCUT2D eigenvalue weighted by molar-refractivity contribution is 0.793. The fraction of sp³-hybridized carbons (Fsp3) is 0.455. The highest BCUT2D eigenvalue weighted by atomic mass is 32.1. The summed E-state index contributed by atoms with van der Waals surface area (Å²) in [6.45, 7) is 6.00. The van der Waals surface area contributed by atoms with Gasteiger partial charge in [-0.2, -0.15) is 0 Å². The minimum atomic E-state index is 1.04. The number of hydrogen-bond donors (Lipinski definition) is 0. The van der Waals surface area contributed by atoms with Crippen molar-refractivity contribution in [1.82, 2.24) is 0 Å². The topological polar surface area (TPSA) is 0 Å². The molecule has 0 radical (unpaired) electrons. The summed E-state index contributed by atoms with van der Waals surface area (Å²) in [5, 5.41) is 2.18. The van der Waals surface area contributed by atoms with Crippen LogP contribution in [0.4, 0.5) is 0 Å². The molecule has 1 heteroatoms. The molecule has 0 fully saturated rings. The summed E-state index contributed by atoms with van der Waals surface area (Å²) in [5.41, 5.74) is 1.53. The number of thiophene rings is 1. The standard InChI is InChI=1S/C11H16S/c1-3-5-7-10-8-9-12-11(10)6-4-2/h4,8-9H,2-3,5-7H2,1H3. The van der Waals surface area contributed by atoms with Crippen LogP contribution in [0.15, 0.2) is 24.1 Å². The van der Waals surface area contributed by atoms with E-state index in [2.05, 4.69) is 24.9 Å². The van der Waals surface area contributed by atoms with Crippen LogP contribution in [0.2, 0.25) is 0 Å². The molecule has 1 rings (SSSR count). The molecular formula is C11H16S. The zero-order valence-electron chi connectivity index (χ0n) is 7.68. The third-order valence-electron chi connectivity index (χ3n) is 1.97. The molecule has 1 aromatic heterocycles. The molecule has 0 saturated heterocycles. The van der Waals surface area contributed by atoms with E-state index in [1.165, 1.54) is 29.7 Å². The van der Waals surface area contributed by atoms with Crippen molar-refractivity contribution in [3.63, 3.8) is 0 Å². The normalized spacial score (nSPS) is 10.1. The number of allylic oxidation sites excluding steroid dienone is 1. The van der Waals surface area contributed by atoms with Gasteiger partial charge in [-0.3, -0.25) is 0 Å². The molecule has 0 N–H and O–H groups in total. The van der Waals surface area contributed by atoms with Crippen molar-refractivity contribution in [2.24, 2.45) is 0 Å². The Labute approximate surface area is 78.9 Å². The maximum atomic E-state index is 3.76. The van der Waals surface area contributed by atoms with E-state index in [0.29, 0.717) is 0 Å². The second-order valence-electron chi connectivity index (χ2n) is 2.97. The molecule has 66 valence electrons. The van der Waals surface area contributed by atoms with Gasteiger partial charge in [-0.25, -0.2) is 0 Å². The Morgan fingerprint density at radius 1 is 1.58 bits per heavy atom. The summed E-state index contributed by atoms with van der Waals surface area (Å²) in [7, 11) is 0. The van der Waals surface area contributed by atoms with Crippen LogP contribution in [0.1, 0.15) is 30.2 Å². The van der Waals surface area contributed by atoms with Crippen molar-refractivity contribution in [2.75, 3.05) is 0 Å². The van der Waals surface area contributed by atoms with Gasteiger partial charge in [-0.05, 0) is 36.3 Å². The maximum Gasteiger partial charge on any atom is 0.0115 e. The molecular weight excluding hydrogens is 164 g/mol. The molecule has 12 heavy (non-hydrogen) atoms. The van der Waals surface area contributed by atoms with Crippen LogP contribution in [0, 0.1) is 0 Å². The van der Waals surface area contributed by atoms with Crippen molar-refractivity contribution in [3.05, 3.63) is 34.5 Å². The average molecular weight is 180 g/mol. The smallest absolute Gasteiger partial charge is 0.0115 e. The molecule has 0 bridgehead atoms. The third-order valence-corrected chi connectivity index (χ3v) is 2.95. The van der Waals surface area contributed by atoms with Gasteiger partial charge in [0.15, 0.2) is 0 Å². The second kappa shape index (κ2) is 5.15. The predicted molar refractivity (Wildman–Crippen MR) is 56.8 cm³/mol. The summed E-state index contributed by atoms with van der Waals surface area (Å²) in [4.78, 5) is 1.50. The SMILES string of the molecule is C=CCc1sccc1CCCC. The highest BCUT2D eigenvalue weighted by Gasteiger charge is 2.00. The van der Waals surface area contributed by atoms with Crippen molar-refractivity contribution >= 4 is 11.3 Å². The summed E-state index contributed by atoms with van der Waals surface area (Å²) < 4.78 is 0. The highest BCUT2D eigenvalue weighted by Crippen LogP contribution is 2.19. The van der Waals surface area contributed by atoms with Gasteiger partial charge in [0.25, 0.3) is 0 Å². The quantitative estimate of drug-likeness (QED) is 0.604. The van der Waals surface area contributed by atoms with Crippen LogP contribution in [0.3, 0.4) is 0 Å². The third kappa shape index (κ3) is 2.49. The number of unbranched alkanes of at least 4 members (excludes halogenated alkanes) is 1. The molecule has 0 aliphatic heterocycles. The van der Waals surface area contributed by atoms with Crippen LogP contribution in [-0.2, 0) is 12.8 Å². The minimum Gasteiger partial charge on any atom is -0.148 e. The molecule has 0 spiro atoms. The van der Waals surface area contributed by atoms with E-state index < -0.39 is 0 Å². The van der Waals surface area contributed by atoms with E-state index in [4.69, 9.17) is 0 Å². The molecule has 0 atom stereocenters. The Hall–Kier alpha value is -0.560. The lowest BCUT2D eigenvalue weighted by Gasteiger charge is -1.99. The molecule has 0 nitrogen and oxygen atoms in total. The van der Waals surface area contributed by atoms with Crippen LogP contribution in [0.25, 0.3) is 0 Å². The first-order chi connectivity index (χ1) is 5.88. The fourth-order valence-corrected chi connectivity index (χ4v) is 2.20. The first-order valence-corrected chi connectivity index (χ1v) is 5.42. The van der Waals surface area contributed by atoms with E-state index in [1.807, 2.05) is 17.4 Å². The monoisotopic (exact) mass is 180 g/mol. The Bertz CT molecular complexity index is 235. The number of rotatable bonds is 5. The van der Waals surface area contributed by atoms with Crippen molar-refractivity contribution < 1.29 is 0 Å². The Balaban J connectivity index is 2.57. The van der Waals surface area contributed by atoms with Crippen LogP contribution >= 0.6 is 11.3 Å². The molecule has 1 aromatic rings. The highest BCUT2D eigenvalue weighted by molar-refractivity contribution is 7.10. The summed E-state index contributed by atoms with van der Waals surface area (Å²) in [6, 6.07) is 2.25. The zero-order valence-corrected chi connectivity index (χ0v) is 8.49. The van der Waals surface area contributed by atoms with Gasteiger partial charge in [0, 0.05) is 4.88 Å².